The number of aromatic nitrogens is 1. The normalized spacial score (nSPS) is 15.5. The van der Waals surface area contributed by atoms with Gasteiger partial charge in [-0.25, -0.2) is 4.98 Å². The maximum Gasteiger partial charge on any atom is 0.194 e. The Morgan fingerprint density at radius 2 is 2.28 bits per heavy atom. The number of halogens is 1. The fourth-order valence-corrected chi connectivity index (χ4v) is 5.00. The van der Waals surface area contributed by atoms with Gasteiger partial charge in [0, 0.05) is 50.6 Å². The maximum atomic E-state index is 5.36. The van der Waals surface area contributed by atoms with Gasteiger partial charge in [0.25, 0.3) is 0 Å². The van der Waals surface area contributed by atoms with Gasteiger partial charge < -0.3 is 15.0 Å². The van der Waals surface area contributed by atoms with Crippen LogP contribution >= 0.6 is 46.7 Å². The van der Waals surface area contributed by atoms with Crippen LogP contribution in [0.4, 0.5) is 0 Å². The van der Waals surface area contributed by atoms with Crippen molar-refractivity contribution in [3.63, 3.8) is 0 Å². The van der Waals surface area contributed by atoms with Gasteiger partial charge in [0.2, 0.25) is 0 Å². The Balaban J connectivity index is 0.00000300. The van der Waals surface area contributed by atoms with Crippen molar-refractivity contribution in [2.75, 3.05) is 40.3 Å². The van der Waals surface area contributed by atoms with E-state index in [1.165, 1.54) is 12.0 Å². The summed E-state index contributed by atoms with van der Waals surface area (Å²) < 4.78 is 5.36. The van der Waals surface area contributed by atoms with E-state index in [0.29, 0.717) is 0 Å². The molecule has 1 atom stereocenters. The Hall–Kier alpha value is -0.750. The Labute approximate surface area is 199 Å². The molecule has 0 spiro atoms. The molecule has 0 amide bonds. The molecule has 0 aromatic carbocycles. The van der Waals surface area contributed by atoms with Gasteiger partial charge in [-0.1, -0.05) is 0 Å². The van der Waals surface area contributed by atoms with Crippen molar-refractivity contribution >= 4 is 52.6 Å². The topological polar surface area (TPSA) is 53.0 Å². The predicted octanol–water partition coefficient (Wildman–Crippen LogP) is 3.99. The largest absolute Gasteiger partial charge is 0.375 e. The van der Waals surface area contributed by atoms with Gasteiger partial charge in [-0.3, -0.25) is 9.89 Å². The van der Waals surface area contributed by atoms with E-state index < -0.39 is 0 Å². The average Bonchev–Trinajstić information content (AvgIpc) is 3.35. The van der Waals surface area contributed by atoms with Crippen LogP contribution in [0, 0.1) is 0 Å². The zero-order valence-electron chi connectivity index (χ0n) is 17.7. The molecule has 6 nitrogen and oxygen atoms in total. The summed E-state index contributed by atoms with van der Waals surface area (Å²) >= 11 is 3.54. The molecule has 1 aliphatic rings. The van der Waals surface area contributed by atoms with E-state index in [9.17, 15) is 0 Å². The third-order valence-corrected chi connectivity index (χ3v) is 7.01. The van der Waals surface area contributed by atoms with Crippen LogP contribution in [-0.4, -0.2) is 61.1 Å². The molecule has 0 saturated heterocycles. The molecule has 0 bridgehead atoms. The first-order valence-electron chi connectivity index (χ1n) is 9.84. The molecule has 2 aromatic heterocycles. The van der Waals surface area contributed by atoms with Crippen LogP contribution in [0.2, 0.25) is 0 Å². The quantitative estimate of drug-likeness (QED) is 0.307. The lowest BCUT2D eigenvalue weighted by Gasteiger charge is -2.26. The summed E-state index contributed by atoms with van der Waals surface area (Å²) in [6.45, 7) is 9.70. The number of guanidine groups is 1. The fourth-order valence-electron chi connectivity index (χ4n) is 3.27. The lowest BCUT2D eigenvalue weighted by Crippen LogP contribution is -2.39. The van der Waals surface area contributed by atoms with Crippen molar-refractivity contribution in [2.45, 2.75) is 39.5 Å². The number of nitrogens with one attached hydrogen (secondary N) is 1. The molecular weight excluding hydrogens is 517 g/mol. The zero-order valence-corrected chi connectivity index (χ0v) is 21.6. The number of aliphatic imine (C=N–C) groups is 1. The molecule has 1 aliphatic heterocycles. The van der Waals surface area contributed by atoms with Crippen molar-refractivity contribution in [3.05, 3.63) is 38.0 Å². The number of nitrogens with zero attached hydrogens (tertiary/aromatic N) is 4. The lowest BCUT2D eigenvalue weighted by molar-refractivity contribution is 0.119. The van der Waals surface area contributed by atoms with E-state index in [1.807, 2.05) is 18.3 Å². The predicted molar refractivity (Wildman–Crippen MR) is 134 cm³/mol. The SMILES string of the molecule is CCNC(=NCCN1CCc2sccc2C1)N(C)Cc1csc(C(C)OC)n1.I. The molecule has 1 unspecified atom stereocenters. The van der Waals surface area contributed by atoms with Gasteiger partial charge in [0.05, 0.1) is 18.8 Å². The number of rotatable bonds is 8. The Bertz CT molecular complexity index is 779. The minimum Gasteiger partial charge on any atom is -0.375 e. The monoisotopic (exact) mass is 549 g/mol. The standard InChI is InChI=1S/C20H31N5OS2.HI/c1-5-21-20(24(3)13-17-14-28-19(23-17)15(2)26-4)22-8-10-25-9-6-18-16(12-25)7-11-27-18;/h7,11,14-15H,5-6,8-10,12-13H2,1-4H3,(H,21,22);1H. The van der Waals surface area contributed by atoms with Crippen molar-refractivity contribution < 1.29 is 4.74 Å². The minimum atomic E-state index is 0. The van der Waals surface area contributed by atoms with Crippen molar-refractivity contribution in [2.24, 2.45) is 4.99 Å². The Morgan fingerprint density at radius 1 is 1.45 bits per heavy atom. The third kappa shape index (κ3) is 6.88. The molecule has 0 aliphatic carbocycles. The molecule has 0 saturated carbocycles. The molecule has 3 heterocycles. The summed E-state index contributed by atoms with van der Waals surface area (Å²) in [5.41, 5.74) is 2.55. The first-order valence-corrected chi connectivity index (χ1v) is 11.6. The van der Waals surface area contributed by atoms with Gasteiger partial charge in [-0.15, -0.1) is 46.7 Å². The number of ether oxygens (including phenoxy) is 1. The van der Waals surface area contributed by atoms with Gasteiger partial charge >= 0.3 is 0 Å². The minimum absolute atomic E-state index is 0. The fraction of sp³-hybridized carbons (Fsp3) is 0.600. The molecule has 2 aromatic rings. The summed E-state index contributed by atoms with van der Waals surface area (Å²) in [4.78, 5) is 15.7. The molecule has 1 N–H and O–H groups in total. The number of thiazole rings is 1. The van der Waals surface area contributed by atoms with E-state index in [2.05, 4.69) is 45.9 Å². The van der Waals surface area contributed by atoms with E-state index in [4.69, 9.17) is 14.7 Å². The first-order chi connectivity index (χ1) is 13.6. The highest BCUT2D eigenvalue weighted by Crippen LogP contribution is 2.23. The van der Waals surface area contributed by atoms with Gasteiger partial charge in [0.1, 0.15) is 11.1 Å². The van der Waals surface area contributed by atoms with Crippen LogP contribution in [0.5, 0.6) is 0 Å². The highest BCUT2D eigenvalue weighted by molar-refractivity contribution is 14.0. The highest BCUT2D eigenvalue weighted by Gasteiger charge is 2.17. The van der Waals surface area contributed by atoms with Crippen LogP contribution in [0.25, 0.3) is 0 Å². The smallest absolute Gasteiger partial charge is 0.194 e. The number of hydrogen-bond acceptors (Lipinski definition) is 6. The highest BCUT2D eigenvalue weighted by atomic mass is 127. The summed E-state index contributed by atoms with van der Waals surface area (Å²) in [6, 6.07) is 2.26. The van der Waals surface area contributed by atoms with E-state index in [-0.39, 0.29) is 30.1 Å². The Kier molecular flexibility index (Phi) is 10.3. The molecule has 9 heteroatoms. The second-order valence-corrected chi connectivity index (χ2v) is 8.93. The van der Waals surface area contributed by atoms with Crippen LogP contribution in [0.3, 0.4) is 0 Å². The summed E-state index contributed by atoms with van der Waals surface area (Å²) in [7, 11) is 3.79. The summed E-state index contributed by atoms with van der Waals surface area (Å²) in [5.74, 6) is 0.935. The van der Waals surface area contributed by atoms with Crippen LogP contribution in [0.1, 0.15) is 41.1 Å². The number of thiophene rings is 1. The number of hydrogen-bond donors (Lipinski definition) is 1. The van der Waals surface area contributed by atoms with Crippen molar-refractivity contribution in [1.82, 2.24) is 20.1 Å². The second kappa shape index (κ2) is 12.2. The van der Waals surface area contributed by atoms with Crippen LogP contribution in [-0.2, 0) is 24.2 Å². The molecule has 0 radical (unpaired) electrons. The van der Waals surface area contributed by atoms with E-state index in [1.54, 1.807) is 23.3 Å². The number of fused-ring (bicyclic) bond motifs is 1. The third-order valence-electron chi connectivity index (χ3n) is 4.93. The maximum absolute atomic E-state index is 5.36. The average molecular weight is 550 g/mol. The van der Waals surface area contributed by atoms with Gasteiger partial charge in [-0.05, 0) is 37.3 Å². The lowest BCUT2D eigenvalue weighted by atomic mass is 10.1. The first kappa shape index (κ1) is 24.5. The number of methoxy groups -OCH3 is 1. The molecule has 3 rings (SSSR count). The molecule has 0 fully saturated rings. The van der Waals surface area contributed by atoms with E-state index in [0.717, 1.165) is 55.9 Å². The Morgan fingerprint density at radius 3 is 3.03 bits per heavy atom. The summed E-state index contributed by atoms with van der Waals surface area (Å²) in [5, 5.41) is 8.74. The van der Waals surface area contributed by atoms with Gasteiger partial charge in [0.15, 0.2) is 5.96 Å². The molecular formula is C20H32IN5OS2. The van der Waals surface area contributed by atoms with E-state index >= 15 is 0 Å². The van der Waals surface area contributed by atoms with Crippen LogP contribution in [0.15, 0.2) is 21.8 Å². The molecule has 29 heavy (non-hydrogen) atoms. The zero-order chi connectivity index (χ0) is 19.9. The van der Waals surface area contributed by atoms with Crippen molar-refractivity contribution in [1.29, 1.82) is 0 Å². The van der Waals surface area contributed by atoms with Crippen molar-refractivity contribution in [3.8, 4) is 0 Å². The van der Waals surface area contributed by atoms with Gasteiger partial charge in [-0.2, -0.15) is 0 Å². The molecule has 162 valence electrons. The van der Waals surface area contributed by atoms with Crippen LogP contribution < -0.4 is 5.32 Å². The summed E-state index contributed by atoms with van der Waals surface area (Å²) in [6.07, 6.45) is 1.21. The second-order valence-electron chi connectivity index (χ2n) is 7.04.